The van der Waals surface area contributed by atoms with E-state index >= 15 is 0 Å². The molecule has 0 N–H and O–H groups in total. The SMILES string of the molecule is CCOc1ccc(C(=O)CN2CC(C)OC(C)C2)c(C)c1C. The third kappa shape index (κ3) is 3.87. The van der Waals surface area contributed by atoms with E-state index < -0.39 is 0 Å². The highest BCUT2D eigenvalue weighted by molar-refractivity contribution is 5.99. The van der Waals surface area contributed by atoms with Gasteiger partial charge in [-0.3, -0.25) is 9.69 Å². The molecule has 0 aliphatic carbocycles. The number of rotatable bonds is 5. The molecule has 1 aromatic carbocycles. The third-order valence-electron chi connectivity index (χ3n) is 4.20. The van der Waals surface area contributed by atoms with Gasteiger partial charge in [0.1, 0.15) is 5.75 Å². The van der Waals surface area contributed by atoms with E-state index in [1.54, 1.807) is 0 Å². The van der Waals surface area contributed by atoms with Crippen molar-refractivity contribution in [1.29, 1.82) is 0 Å². The van der Waals surface area contributed by atoms with Crippen LogP contribution in [0.3, 0.4) is 0 Å². The number of nitrogens with zero attached hydrogens (tertiary/aromatic N) is 1. The van der Waals surface area contributed by atoms with Gasteiger partial charge in [0.05, 0.1) is 25.4 Å². The van der Waals surface area contributed by atoms with Crippen LogP contribution in [0.1, 0.15) is 42.3 Å². The van der Waals surface area contributed by atoms with Crippen molar-refractivity contribution < 1.29 is 14.3 Å². The molecule has 0 aromatic heterocycles. The summed E-state index contributed by atoms with van der Waals surface area (Å²) in [4.78, 5) is 14.8. The Hall–Kier alpha value is -1.39. The van der Waals surface area contributed by atoms with Crippen molar-refractivity contribution in [2.24, 2.45) is 0 Å². The molecule has 0 bridgehead atoms. The highest BCUT2D eigenvalue weighted by atomic mass is 16.5. The van der Waals surface area contributed by atoms with Crippen LogP contribution in [0.2, 0.25) is 0 Å². The van der Waals surface area contributed by atoms with Crippen molar-refractivity contribution in [3.8, 4) is 5.75 Å². The number of hydrogen-bond donors (Lipinski definition) is 0. The molecular formula is C18H27NO3. The predicted molar refractivity (Wildman–Crippen MR) is 87.9 cm³/mol. The van der Waals surface area contributed by atoms with Gasteiger partial charge in [-0.05, 0) is 57.9 Å². The Kier molecular flexibility index (Phi) is 5.59. The molecule has 1 aliphatic rings. The average Bonchev–Trinajstić information content (AvgIpc) is 2.43. The fourth-order valence-electron chi connectivity index (χ4n) is 3.11. The van der Waals surface area contributed by atoms with E-state index in [2.05, 4.69) is 18.7 Å². The molecule has 2 atom stereocenters. The van der Waals surface area contributed by atoms with Gasteiger partial charge < -0.3 is 9.47 Å². The highest BCUT2D eigenvalue weighted by Crippen LogP contribution is 2.25. The lowest BCUT2D eigenvalue weighted by atomic mass is 9.98. The van der Waals surface area contributed by atoms with Crippen LogP contribution in [0.25, 0.3) is 0 Å². The molecule has 1 saturated heterocycles. The van der Waals surface area contributed by atoms with Gasteiger partial charge in [0.15, 0.2) is 5.78 Å². The molecule has 22 heavy (non-hydrogen) atoms. The molecule has 1 aliphatic heterocycles. The number of benzene rings is 1. The number of ketones is 1. The number of morpholine rings is 1. The average molecular weight is 305 g/mol. The second-order valence-corrected chi connectivity index (χ2v) is 6.17. The molecule has 1 heterocycles. The van der Waals surface area contributed by atoms with Crippen molar-refractivity contribution in [3.05, 3.63) is 28.8 Å². The maximum atomic E-state index is 12.6. The number of ether oxygens (including phenoxy) is 2. The van der Waals surface area contributed by atoms with Gasteiger partial charge in [0, 0.05) is 18.7 Å². The van der Waals surface area contributed by atoms with E-state index in [1.807, 2.05) is 32.9 Å². The summed E-state index contributed by atoms with van der Waals surface area (Å²) in [5.74, 6) is 1.04. The number of carbonyl (C=O) groups excluding carboxylic acids is 1. The first-order valence-electron chi connectivity index (χ1n) is 8.06. The summed E-state index contributed by atoms with van der Waals surface area (Å²) in [5, 5.41) is 0. The van der Waals surface area contributed by atoms with E-state index in [1.165, 1.54) is 0 Å². The van der Waals surface area contributed by atoms with Crippen LogP contribution in [-0.4, -0.2) is 49.1 Å². The topological polar surface area (TPSA) is 38.8 Å². The predicted octanol–water partition coefficient (Wildman–Crippen LogP) is 2.99. The first-order chi connectivity index (χ1) is 10.4. The molecule has 0 radical (unpaired) electrons. The van der Waals surface area contributed by atoms with E-state index in [4.69, 9.17) is 9.47 Å². The zero-order chi connectivity index (χ0) is 16.3. The zero-order valence-corrected chi connectivity index (χ0v) is 14.3. The van der Waals surface area contributed by atoms with Crippen molar-refractivity contribution in [2.45, 2.75) is 46.8 Å². The lowest BCUT2D eigenvalue weighted by Crippen LogP contribution is -2.47. The molecule has 4 heteroatoms. The Morgan fingerprint density at radius 1 is 1.23 bits per heavy atom. The van der Waals surface area contributed by atoms with Crippen LogP contribution in [0.5, 0.6) is 5.75 Å². The van der Waals surface area contributed by atoms with E-state index in [0.29, 0.717) is 13.2 Å². The van der Waals surface area contributed by atoms with Gasteiger partial charge in [0.2, 0.25) is 0 Å². The molecule has 2 unspecified atom stereocenters. The molecule has 1 aromatic rings. The van der Waals surface area contributed by atoms with Gasteiger partial charge in [-0.25, -0.2) is 0 Å². The Balaban J connectivity index is 2.11. The minimum atomic E-state index is 0.171. The quantitative estimate of drug-likeness (QED) is 0.784. The monoisotopic (exact) mass is 305 g/mol. The summed E-state index contributed by atoms with van der Waals surface area (Å²) < 4.78 is 11.3. The van der Waals surface area contributed by atoms with Gasteiger partial charge >= 0.3 is 0 Å². The van der Waals surface area contributed by atoms with Gasteiger partial charge in [-0.2, -0.15) is 0 Å². The van der Waals surface area contributed by atoms with Crippen molar-refractivity contribution >= 4 is 5.78 Å². The maximum Gasteiger partial charge on any atom is 0.177 e. The Morgan fingerprint density at radius 3 is 2.45 bits per heavy atom. The van der Waals surface area contributed by atoms with Crippen molar-refractivity contribution in [3.63, 3.8) is 0 Å². The smallest absolute Gasteiger partial charge is 0.177 e. The number of hydrogen-bond acceptors (Lipinski definition) is 4. The summed E-state index contributed by atoms with van der Waals surface area (Å²) in [5.41, 5.74) is 2.87. The zero-order valence-electron chi connectivity index (χ0n) is 14.3. The fourth-order valence-corrected chi connectivity index (χ4v) is 3.11. The highest BCUT2D eigenvalue weighted by Gasteiger charge is 2.24. The lowest BCUT2D eigenvalue weighted by Gasteiger charge is -2.34. The summed E-state index contributed by atoms with van der Waals surface area (Å²) in [6, 6.07) is 3.80. The maximum absolute atomic E-state index is 12.6. The standard InChI is InChI=1S/C18H27NO3/c1-6-21-18-8-7-16(14(4)15(18)5)17(20)11-19-9-12(2)22-13(3)10-19/h7-8,12-13H,6,9-11H2,1-5H3. The minimum absolute atomic E-state index is 0.171. The largest absolute Gasteiger partial charge is 0.494 e. The van der Waals surface area contributed by atoms with Crippen LogP contribution < -0.4 is 4.74 Å². The van der Waals surface area contributed by atoms with Gasteiger partial charge in [-0.1, -0.05) is 0 Å². The second kappa shape index (κ2) is 7.25. The Labute approximate surface area is 133 Å². The van der Waals surface area contributed by atoms with Gasteiger partial charge in [-0.15, -0.1) is 0 Å². The van der Waals surface area contributed by atoms with E-state index in [0.717, 1.165) is 35.5 Å². The van der Waals surface area contributed by atoms with E-state index in [9.17, 15) is 4.79 Å². The van der Waals surface area contributed by atoms with Crippen molar-refractivity contribution in [2.75, 3.05) is 26.2 Å². The van der Waals surface area contributed by atoms with Crippen LogP contribution in [0.4, 0.5) is 0 Å². The van der Waals surface area contributed by atoms with Gasteiger partial charge in [0.25, 0.3) is 0 Å². The molecule has 4 nitrogen and oxygen atoms in total. The summed E-state index contributed by atoms with van der Waals surface area (Å²) in [7, 11) is 0. The van der Waals surface area contributed by atoms with Crippen molar-refractivity contribution in [1.82, 2.24) is 4.90 Å². The summed E-state index contributed by atoms with van der Waals surface area (Å²) in [6.07, 6.45) is 0.361. The summed E-state index contributed by atoms with van der Waals surface area (Å²) in [6.45, 7) is 12.8. The Morgan fingerprint density at radius 2 is 1.86 bits per heavy atom. The molecule has 0 saturated carbocycles. The molecule has 2 rings (SSSR count). The molecule has 0 amide bonds. The molecule has 1 fully saturated rings. The molecular weight excluding hydrogens is 278 g/mol. The molecule has 0 spiro atoms. The lowest BCUT2D eigenvalue weighted by molar-refractivity contribution is -0.0652. The van der Waals surface area contributed by atoms with Crippen LogP contribution in [0, 0.1) is 13.8 Å². The van der Waals surface area contributed by atoms with Crippen LogP contribution in [0.15, 0.2) is 12.1 Å². The minimum Gasteiger partial charge on any atom is -0.494 e. The fraction of sp³-hybridized carbons (Fsp3) is 0.611. The normalized spacial score (nSPS) is 22.6. The van der Waals surface area contributed by atoms with E-state index in [-0.39, 0.29) is 18.0 Å². The summed E-state index contributed by atoms with van der Waals surface area (Å²) >= 11 is 0. The first kappa shape index (κ1) is 17.0. The third-order valence-corrected chi connectivity index (χ3v) is 4.20. The first-order valence-corrected chi connectivity index (χ1v) is 8.06. The number of carbonyl (C=O) groups is 1. The molecule has 122 valence electrons. The number of Topliss-reactive ketones (excluding diaryl/α,β-unsaturated/α-hetero) is 1. The second-order valence-electron chi connectivity index (χ2n) is 6.17. The Bertz CT molecular complexity index is 531. The van der Waals surface area contributed by atoms with Crippen LogP contribution in [-0.2, 0) is 4.74 Å². The van der Waals surface area contributed by atoms with Crippen LogP contribution >= 0.6 is 0 Å².